The second-order valence-electron chi connectivity index (χ2n) is 4.90. The minimum absolute atomic E-state index is 0.134. The second-order valence-corrected chi connectivity index (χ2v) is 4.90. The predicted molar refractivity (Wildman–Crippen MR) is 75.1 cm³/mol. The number of nitrogens with one attached hydrogen (secondary N) is 1. The number of benzene rings is 1. The van der Waals surface area contributed by atoms with Gasteiger partial charge in [0, 0.05) is 17.6 Å². The van der Waals surface area contributed by atoms with Crippen molar-refractivity contribution in [2.24, 2.45) is 0 Å². The molecule has 0 aliphatic carbocycles. The maximum Gasteiger partial charge on any atom is 0.321 e. The van der Waals surface area contributed by atoms with E-state index in [0.29, 0.717) is 6.42 Å². The van der Waals surface area contributed by atoms with E-state index in [2.05, 4.69) is 10.3 Å². The first-order valence-electron chi connectivity index (χ1n) is 6.39. The third-order valence-electron chi connectivity index (χ3n) is 2.99. The molecule has 100 valence electrons. The van der Waals surface area contributed by atoms with Gasteiger partial charge < -0.3 is 10.4 Å². The van der Waals surface area contributed by atoms with Crippen LogP contribution in [0.15, 0.2) is 36.5 Å². The van der Waals surface area contributed by atoms with Crippen LogP contribution in [0.25, 0.3) is 10.9 Å². The van der Waals surface area contributed by atoms with E-state index in [1.165, 1.54) is 0 Å². The van der Waals surface area contributed by atoms with Crippen LogP contribution in [-0.2, 0) is 11.2 Å². The van der Waals surface area contributed by atoms with Crippen molar-refractivity contribution >= 4 is 16.9 Å². The normalized spacial score (nSPS) is 12.8. The number of hydrogen-bond acceptors (Lipinski definition) is 3. The summed E-state index contributed by atoms with van der Waals surface area (Å²) in [5.41, 5.74) is 1.90. The van der Waals surface area contributed by atoms with Crippen LogP contribution in [0, 0.1) is 0 Å². The van der Waals surface area contributed by atoms with Gasteiger partial charge in [0.15, 0.2) is 0 Å². The summed E-state index contributed by atoms with van der Waals surface area (Å²) >= 11 is 0. The average molecular weight is 258 g/mol. The fourth-order valence-electron chi connectivity index (χ4n) is 2.18. The molecule has 0 spiro atoms. The zero-order chi connectivity index (χ0) is 13.8. The van der Waals surface area contributed by atoms with E-state index < -0.39 is 12.0 Å². The summed E-state index contributed by atoms with van der Waals surface area (Å²) in [6, 6.07) is 9.22. The zero-order valence-corrected chi connectivity index (χ0v) is 11.1. The number of hydrogen-bond donors (Lipinski definition) is 2. The summed E-state index contributed by atoms with van der Waals surface area (Å²) in [6.07, 6.45) is 2.20. The Morgan fingerprint density at radius 3 is 2.79 bits per heavy atom. The minimum atomic E-state index is -0.824. The van der Waals surface area contributed by atoms with Crippen LogP contribution < -0.4 is 5.32 Å². The maximum atomic E-state index is 11.3. The van der Waals surface area contributed by atoms with E-state index in [-0.39, 0.29) is 6.04 Å². The molecule has 19 heavy (non-hydrogen) atoms. The zero-order valence-electron chi connectivity index (χ0n) is 11.1. The lowest BCUT2D eigenvalue weighted by atomic mass is 10.0. The molecule has 0 fully saturated rings. The van der Waals surface area contributed by atoms with Gasteiger partial charge >= 0.3 is 5.97 Å². The Bertz CT molecular complexity index is 576. The number of nitrogens with zero attached hydrogens (tertiary/aromatic N) is 1. The molecule has 2 aromatic rings. The minimum Gasteiger partial charge on any atom is -0.480 e. The molecule has 1 heterocycles. The molecule has 2 N–H and O–H groups in total. The maximum absolute atomic E-state index is 11.3. The van der Waals surface area contributed by atoms with Gasteiger partial charge in [-0.15, -0.1) is 0 Å². The molecule has 0 radical (unpaired) electrons. The third-order valence-corrected chi connectivity index (χ3v) is 2.99. The third kappa shape index (κ3) is 3.29. The molecule has 0 bridgehead atoms. The molecule has 0 amide bonds. The average Bonchev–Trinajstić information content (AvgIpc) is 2.37. The number of aliphatic carboxylic acids is 1. The van der Waals surface area contributed by atoms with Crippen LogP contribution in [-0.4, -0.2) is 28.1 Å². The van der Waals surface area contributed by atoms with Gasteiger partial charge in [-0.3, -0.25) is 9.78 Å². The fourth-order valence-corrected chi connectivity index (χ4v) is 2.18. The molecular formula is C15H18N2O2. The summed E-state index contributed by atoms with van der Waals surface area (Å²) in [5, 5.41) is 13.4. The van der Waals surface area contributed by atoms with E-state index in [4.69, 9.17) is 0 Å². The highest BCUT2D eigenvalue weighted by atomic mass is 16.4. The summed E-state index contributed by atoms with van der Waals surface area (Å²) in [7, 11) is 0. The lowest BCUT2D eigenvalue weighted by Gasteiger charge is -2.18. The fraction of sp³-hybridized carbons (Fsp3) is 0.333. The molecule has 4 heteroatoms. The van der Waals surface area contributed by atoms with Crippen LogP contribution in [0.2, 0.25) is 0 Å². The van der Waals surface area contributed by atoms with Crippen molar-refractivity contribution in [2.45, 2.75) is 32.4 Å². The van der Waals surface area contributed by atoms with Crippen molar-refractivity contribution in [3.05, 3.63) is 42.1 Å². The first-order chi connectivity index (χ1) is 9.08. The van der Waals surface area contributed by atoms with Crippen molar-refractivity contribution in [1.82, 2.24) is 10.3 Å². The number of pyridine rings is 1. The molecule has 4 nitrogen and oxygen atoms in total. The molecule has 0 saturated heterocycles. The lowest BCUT2D eigenvalue weighted by Crippen LogP contribution is -2.42. The predicted octanol–water partition coefficient (Wildman–Crippen LogP) is 2.23. The molecule has 1 unspecified atom stereocenters. The van der Waals surface area contributed by atoms with Gasteiger partial charge in [0.2, 0.25) is 0 Å². The van der Waals surface area contributed by atoms with Crippen molar-refractivity contribution in [3.8, 4) is 0 Å². The summed E-state index contributed by atoms with van der Waals surface area (Å²) in [6.45, 7) is 3.89. The molecular weight excluding hydrogens is 240 g/mol. The monoisotopic (exact) mass is 258 g/mol. The van der Waals surface area contributed by atoms with Gasteiger partial charge in [0.25, 0.3) is 0 Å². The first kappa shape index (κ1) is 13.5. The quantitative estimate of drug-likeness (QED) is 0.863. The van der Waals surface area contributed by atoms with E-state index in [0.717, 1.165) is 16.5 Å². The van der Waals surface area contributed by atoms with Crippen LogP contribution in [0.5, 0.6) is 0 Å². The van der Waals surface area contributed by atoms with Crippen molar-refractivity contribution in [1.29, 1.82) is 0 Å². The van der Waals surface area contributed by atoms with Crippen LogP contribution in [0.3, 0.4) is 0 Å². The van der Waals surface area contributed by atoms with Gasteiger partial charge in [-0.1, -0.05) is 32.0 Å². The highest BCUT2D eigenvalue weighted by Crippen LogP contribution is 2.18. The molecule has 0 aliphatic rings. The smallest absolute Gasteiger partial charge is 0.321 e. The Kier molecular flexibility index (Phi) is 4.12. The lowest BCUT2D eigenvalue weighted by molar-refractivity contribution is -0.139. The number of carbonyl (C=O) groups is 1. The first-order valence-corrected chi connectivity index (χ1v) is 6.39. The Hall–Kier alpha value is -1.94. The van der Waals surface area contributed by atoms with E-state index in [1.807, 2.05) is 44.2 Å². The van der Waals surface area contributed by atoms with Gasteiger partial charge in [-0.25, -0.2) is 0 Å². The largest absolute Gasteiger partial charge is 0.480 e. The van der Waals surface area contributed by atoms with Crippen molar-refractivity contribution in [3.63, 3.8) is 0 Å². The van der Waals surface area contributed by atoms with E-state index in [1.54, 1.807) is 6.20 Å². The molecule has 1 aromatic carbocycles. The number of fused-ring (bicyclic) bond motifs is 1. The second kappa shape index (κ2) is 5.80. The van der Waals surface area contributed by atoms with E-state index >= 15 is 0 Å². The molecule has 0 saturated carbocycles. The standard InChI is InChI=1S/C15H18N2O2/c1-10(2)17-14(15(18)19)9-11-5-3-7-13-12(11)6-4-8-16-13/h3-8,10,14,17H,9H2,1-2H3,(H,18,19). The molecule has 1 aromatic heterocycles. The Balaban J connectivity index is 2.31. The Morgan fingerprint density at radius 1 is 1.32 bits per heavy atom. The SMILES string of the molecule is CC(C)NC(Cc1cccc2ncccc12)C(=O)O. The highest BCUT2D eigenvalue weighted by Gasteiger charge is 2.19. The Morgan fingerprint density at radius 2 is 2.11 bits per heavy atom. The van der Waals surface area contributed by atoms with Crippen molar-refractivity contribution < 1.29 is 9.90 Å². The topological polar surface area (TPSA) is 62.2 Å². The number of aromatic nitrogens is 1. The summed E-state index contributed by atoms with van der Waals surface area (Å²) in [4.78, 5) is 15.6. The van der Waals surface area contributed by atoms with Crippen molar-refractivity contribution in [2.75, 3.05) is 0 Å². The van der Waals surface area contributed by atoms with Gasteiger partial charge in [-0.05, 0) is 24.1 Å². The Labute approximate surface area is 112 Å². The van der Waals surface area contributed by atoms with Crippen LogP contribution in [0.1, 0.15) is 19.4 Å². The van der Waals surface area contributed by atoms with Gasteiger partial charge in [0.05, 0.1) is 5.52 Å². The molecule has 2 rings (SSSR count). The molecule has 1 atom stereocenters. The number of rotatable bonds is 5. The highest BCUT2D eigenvalue weighted by molar-refractivity contribution is 5.83. The number of carboxylic acids is 1. The summed E-state index contributed by atoms with van der Waals surface area (Å²) < 4.78 is 0. The van der Waals surface area contributed by atoms with Crippen LogP contribution >= 0.6 is 0 Å². The van der Waals surface area contributed by atoms with E-state index in [9.17, 15) is 9.90 Å². The van der Waals surface area contributed by atoms with Gasteiger partial charge in [0.1, 0.15) is 6.04 Å². The van der Waals surface area contributed by atoms with Crippen LogP contribution in [0.4, 0.5) is 0 Å². The molecule has 0 aliphatic heterocycles. The van der Waals surface area contributed by atoms with Gasteiger partial charge in [-0.2, -0.15) is 0 Å². The summed E-state index contributed by atoms with van der Waals surface area (Å²) in [5.74, 6) is -0.824. The number of carboxylic acid groups (broad SMARTS) is 1.